The minimum atomic E-state index is -0.911. The molecule has 0 fully saturated rings. The third-order valence-corrected chi connectivity index (χ3v) is 1.77. The lowest BCUT2D eigenvalue weighted by molar-refractivity contribution is -0.143. The number of aliphatic carboxylic acids is 1. The van der Waals surface area contributed by atoms with Crippen molar-refractivity contribution in [3.63, 3.8) is 0 Å². The fourth-order valence-electron chi connectivity index (χ4n) is 0.946. The van der Waals surface area contributed by atoms with Crippen molar-refractivity contribution < 1.29 is 19.4 Å². The van der Waals surface area contributed by atoms with E-state index < -0.39 is 11.9 Å². The van der Waals surface area contributed by atoms with E-state index in [1.807, 2.05) is 0 Å². The van der Waals surface area contributed by atoms with Crippen LogP contribution in [-0.4, -0.2) is 23.7 Å². The van der Waals surface area contributed by atoms with Gasteiger partial charge in [-0.25, -0.2) is 0 Å². The third-order valence-electron chi connectivity index (χ3n) is 1.77. The van der Waals surface area contributed by atoms with E-state index in [9.17, 15) is 9.59 Å². The van der Waals surface area contributed by atoms with Gasteiger partial charge in [0.25, 0.3) is 0 Å². The van der Waals surface area contributed by atoms with Crippen molar-refractivity contribution in [1.29, 1.82) is 0 Å². The first-order valence-corrected chi connectivity index (χ1v) is 4.91. The molecule has 0 atom stereocenters. The summed E-state index contributed by atoms with van der Waals surface area (Å²) in [6, 6.07) is 0. The molecule has 0 aromatic carbocycles. The number of esters is 1. The summed E-state index contributed by atoms with van der Waals surface area (Å²) < 4.78 is 4.91. The average molecular weight is 224 g/mol. The first-order valence-electron chi connectivity index (χ1n) is 4.91. The predicted octanol–water partition coefficient (Wildman–Crippen LogP) is 2.08. The van der Waals surface area contributed by atoms with Crippen molar-refractivity contribution in [2.75, 3.05) is 6.61 Å². The molecular weight excluding hydrogens is 208 g/mol. The van der Waals surface area contributed by atoms with E-state index in [1.54, 1.807) is 18.2 Å². The molecular formula is C12H16O4. The molecule has 0 amide bonds. The Balaban J connectivity index is 3.80. The zero-order valence-electron chi connectivity index (χ0n) is 9.15. The lowest BCUT2D eigenvalue weighted by Gasteiger charge is -2.04. The van der Waals surface area contributed by atoms with Gasteiger partial charge in [-0.2, -0.15) is 0 Å². The lowest BCUT2D eigenvalue weighted by Crippen LogP contribution is -2.07. The highest BCUT2D eigenvalue weighted by Crippen LogP contribution is 2.02. The van der Waals surface area contributed by atoms with Gasteiger partial charge in [-0.1, -0.05) is 31.4 Å². The van der Waals surface area contributed by atoms with Gasteiger partial charge in [0.1, 0.15) is 6.61 Å². The minimum absolute atomic E-state index is 0.0219. The predicted molar refractivity (Wildman–Crippen MR) is 60.9 cm³/mol. The number of carboxylic acids is 1. The molecule has 0 radical (unpaired) electrons. The summed E-state index contributed by atoms with van der Waals surface area (Å²) in [6.45, 7) is 7.21. The lowest BCUT2D eigenvalue weighted by atomic mass is 10.2. The van der Waals surface area contributed by atoms with Gasteiger partial charge in [-0.3, -0.25) is 9.59 Å². The first kappa shape index (κ1) is 14.2. The molecule has 0 aromatic rings. The number of ether oxygens (including phenoxy) is 1. The maximum absolute atomic E-state index is 11.1. The maximum Gasteiger partial charge on any atom is 0.306 e. The molecule has 0 heterocycles. The number of hydrogen-bond donors (Lipinski definition) is 1. The topological polar surface area (TPSA) is 63.6 Å². The number of carbonyl (C=O) groups excluding carboxylic acids is 1. The Labute approximate surface area is 94.9 Å². The highest BCUT2D eigenvalue weighted by atomic mass is 16.5. The van der Waals surface area contributed by atoms with Crippen molar-refractivity contribution in [2.45, 2.75) is 19.3 Å². The number of rotatable bonds is 8. The Kier molecular flexibility index (Phi) is 7.49. The molecule has 4 nitrogen and oxygen atoms in total. The van der Waals surface area contributed by atoms with E-state index in [2.05, 4.69) is 13.2 Å². The van der Waals surface area contributed by atoms with Crippen LogP contribution >= 0.6 is 0 Å². The molecule has 0 unspecified atom stereocenters. The van der Waals surface area contributed by atoms with E-state index in [1.165, 1.54) is 0 Å². The van der Waals surface area contributed by atoms with Crippen molar-refractivity contribution in [1.82, 2.24) is 0 Å². The minimum Gasteiger partial charge on any atom is -0.481 e. The van der Waals surface area contributed by atoms with Crippen LogP contribution in [0.15, 0.2) is 37.0 Å². The van der Waals surface area contributed by atoms with Gasteiger partial charge in [0.15, 0.2) is 0 Å². The highest BCUT2D eigenvalue weighted by Gasteiger charge is 2.05. The summed E-state index contributed by atoms with van der Waals surface area (Å²) in [5.74, 6) is -1.32. The standard InChI is InChI=1S/C12H16O4/c1-3-6-10(4-2)9-16-12(15)8-5-7-11(13)14/h3-4,6H,1-2,5,7-9H2,(H,13,14)/b10-6+. The largest absolute Gasteiger partial charge is 0.481 e. The second-order valence-electron chi connectivity index (χ2n) is 3.09. The summed E-state index contributed by atoms with van der Waals surface area (Å²) in [6.07, 6.45) is 5.23. The molecule has 0 rings (SSSR count). The zero-order chi connectivity index (χ0) is 12.4. The Morgan fingerprint density at radius 2 is 1.94 bits per heavy atom. The summed E-state index contributed by atoms with van der Waals surface area (Å²) in [4.78, 5) is 21.3. The van der Waals surface area contributed by atoms with Crippen LogP contribution in [0.2, 0.25) is 0 Å². The maximum atomic E-state index is 11.1. The fourth-order valence-corrected chi connectivity index (χ4v) is 0.946. The Morgan fingerprint density at radius 1 is 1.25 bits per heavy atom. The normalized spacial score (nSPS) is 10.6. The second kappa shape index (κ2) is 8.47. The van der Waals surface area contributed by atoms with Gasteiger partial charge in [0, 0.05) is 12.8 Å². The molecule has 0 saturated heterocycles. The molecule has 0 spiro atoms. The molecule has 0 bridgehead atoms. The summed E-state index contributed by atoms with van der Waals surface area (Å²) >= 11 is 0. The fraction of sp³-hybridized carbons (Fsp3) is 0.333. The molecule has 4 heteroatoms. The SMILES string of the molecule is C=C/C=C(\C=C)COC(=O)CCCC(=O)O. The van der Waals surface area contributed by atoms with Gasteiger partial charge in [0.2, 0.25) is 0 Å². The Morgan fingerprint density at radius 3 is 2.44 bits per heavy atom. The van der Waals surface area contributed by atoms with Gasteiger partial charge in [0.05, 0.1) is 0 Å². The molecule has 0 aliphatic rings. The summed E-state index contributed by atoms with van der Waals surface area (Å²) in [5, 5.41) is 8.37. The number of allylic oxidation sites excluding steroid dienone is 2. The molecule has 1 N–H and O–H groups in total. The molecule has 0 aliphatic heterocycles. The van der Waals surface area contributed by atoms with Crippen LogP contribution in [0.25, 0.3) is 0 Å². The number of carbonyl (C=O) groups is 2. The van der Waals surface area contributed by atoms with Crippen LogP contribution in [0, 0.1) is 0 Å². The molecule has 0 aromatic heterocycles. The van der Waals surface area contributed by atoms with E-state index in [0.717, 1.165) is 5.57 Å². The van der Waals surface area contributed by atoms with E-state index >= 15 is 0 Å². The first-order chi connectivity index (χ1) is 7.60. The van der Waals surface area contributed by atoms with Crippen molar-refractivity contribution in [3.05, 3.63) is 37.0 Å². The molecule has 88 valence electrons. The van der Waals surface area contributed by atoms with Crippen molar-refractivity contribution in [3.8, 4) is 0 Å². The smallest absolute Gasteiger partial charge is 0.306 e. The zero-order valence-corrected chi connectivity index (χ0v) is 9.15. The molecule has 0 saturated carbocycles. The van der Waals surface area contributed by atoms with E-state index in [4.69, 9.17) is 9.84 Å². The number of carboxylic acid groups (broad SMARTS) is 1. The Hall–Kier alpha value is -1.84. The van der Waals surface area contributed by atoms with E-state index in [0.29, 0.717) is 6.42 Å². The van der Waals surface area contributed by atoms with Gasteiger partial charge in [-0.15, -0.1) is 0 Å². The van der Waals surface area contributed by atoms with Gasteiger partial charge < -0.3 is 9.84 Å². The van der Waals surface area contributed by atoms with E-state index in [-0.39, 0.29) is 19.4 Å². The van der Waals surface area contributed by atoms with Crippen LogP contribution < -0.4 is 0 Å². The van der Waals surface area contributed by atoms with Crippen molar-refractivity contribution in [2.24, 2.45) is 0 Å². The number of hydrogen-bond acceptors (Lipinski definition) is 3. The second-order valence-corrected chi connectivity index (χ2v) is 3.09. The Bertz CT molecular complexity index is 302. The van der Waals surface area contributed by atoms with Crippen LogP contribution in [0.4, 0.5) is 0 Å². The quantitative estimate of drug-likeness (QED) is 0.506. The van der Waals surface area contributed by atoms with Crippen LogP contribution in [-0.2, 0) is 14.3 Å². The van der Waals surface area contributed by atoms with Crippen molar-refractivity contribution >= 4 is 11.9 Å². The molecule has 16 heavy (non-hydrogen) atoms. The summed E-state index contributed by atoms with van der Waals surface area (Å²) in [5.41, 5.74) is 0.751. The highest BCUT2D eigenvalue weighted by molar-refractivity contribution is 5.71. The van der Waals surface area contributed by atoms with Crippen LogP contribution in [0.1, 0.15) is 19.3 Å². The van der Waals surface area contributed by atoms with Gasteiger partial charge >= 0.3 is 11.9 Å². The summed E-state index contributed by atoms with van der Waals surface area (Å²) in [7, 11) is 0. The third kappa shape index (κ3) is 7.55. The average Bonchev–Trinajstić information content (AvgIpc) is 2.23. The molecule has 0 aliphatic carbocycles. The van der Waals surface area contributed by atoms with Gasteiger partial charge in [-0.05, 0) is 12.0 Å². The van der Waals surface area contributed by atoms with Crippen LogP contribution in [0.3, 0.4) is 0 Å². The monoisotopic (exact) mass is 224 g/mol. The van der Waals surface area contributed by atoms with Crippen LogP contribution in [0.5, 0.6) is 0 Å².